The van der Waals surface area contributed by atoms with Crippen LogP contribution in [0.3, 0.4) is 0 Å². The summed E-state index contributed by atoms with van der Waals surface area (Å²) < 4.78 is 5.00. The van der Waals surface area contributed by atoms with E-state index in [1.54, 1.807) is 12.5 Å². The van der Waals surface area contributed by atoms with Crippen LogP contribution in [0.1, 0.15) is 6.42 Å². The monoisotopic (exact) mass is 132 g/mol. The number of allylic oxidation sites excluding steroid dienone is 6. The molecule has 0 aromatic carbocycles. The van der Waals surface area contributed by atoms with Gasteiger partial charge >= 0.3 is 0 Å². The normalized spacial score (nSPS) is 20.8. The summed E-state index contributed by atoms with van der Waals surface area (Å²) in [5.41, 5.74) is 2.45. The molecule has 1 aliphatic carbocycles. The van der Waals surface area contributed by atoms with E-state index in [-0.39, 0.29) is 0 Å². The first-order valence-corrected chi connectivity index (χ1v) is 3.36. The van der Waals surface area contributed by atoms with Crippen molar-refractivity contribution in [3.8, 4) is 0 Å². The fourth-order valence-electron chi connectivity index (χ4n) is 1.10. The van der Waals surface area contributed by atoms with E-state index in [4.69, 9.17) is 4.74 Å². The van der Waals surface area contributed by atoms with Crippen LogP contribution in [0, 0.1) is 0 Å². The van der Waals surface area contributed by atoms with Crippen LogP contribution in [0.2, 0.25) is 0 Å². The van der Waals surface area contributed by atoms with Gasteiger partial charge in [-0.2, -0.15) is 0 Å². The molecule has 2 aliphatic rings. The molecule has 1 aliphatic heterocycles. The molecule has 0 saturated heterocycles. The van der Waals surface area contributed by atoms with E-state index in [0.717, 1.165) is 6.42 Å². The lowest BCUT2D eigenvalue weighted by Gasteiger charge is -2.10. The van der Waals surface area contributed by atoms with Crippen molar-refractivity contribution >= 4 is 0 Å². The molecule has 0 aromatic heterocycles. The van der Waals surface area contributed by atoms with Crippen molar-refractivity contribution in [3.63, 3.8) is 0 Å². The number of fused-ring (bicyclic) bond motifs is 1. The molecule has 1 heteroatoms. The minimum absolute atomic E-state index is 1.04. The van der Waals surface area contributed by atoms with Crippen LogP contribution >= 0.6 is 0 Å². The molecule has 1 heterocycles. The molecule has 0 radical (unpaired) electrons. The summed E-state index contributed by atoms with van der Waals surface area (Å²) in [5.74, 6) is 0. The van der Waals surface area contributed by atoms with Gasteiger partial charge in [-0.15, -0.1) is 0 Å². The number of rotatable bonds is 0. The van der Waals surface area contributed by atoms with E-state index < -0.39 is 0 Å². The van der Waals surface area contributed by atoms with Gasteiger partial charge in [0.05, 0.1) is 12.5 Å². The predicted octanol–water partition coefficient (Wildman–Crippen LogP) is 2.30. The van der Waals surface area contributed by atoms with Crippen molar-refractivity contribution in [2.45, 2.75) is 6.42 Å². The summed E-state index contributed by atoms with van der Waals surface area (Å²) in [4.78, 5) is 0. The second kappa shape index (κ2) is 2.18. The lowest BCUT2D eigenvalue weighted by Crippen LogP contribution is -1.92. The molecular formula is C9H8O. The smallest absolute Gasteiger partial charge is 0.0979 e. The van der Waals surface area contributed by atoms with E-state index in [1.165, 1.54) is 11.1 Å². The van der Waals surface area contributed by atoms with Gasteiger partial charge in [-0.3, -0.25) is 0 Å². The highest BCUT2D eigenvalue weighted by molar-refractivity contribution is 5.49. The zero-order chi connectivity index (χ0) is 6.81. The van der Waals surface area contributed by atoms with Gasteiger partial charge in [0, 0.05) is 5.57 Å². The van der Waals surface area contributed by atoms with Crippen LogP contribution in [0.15, 0.2) is 48.0 Å². The predicted molar refractivity (Wildman–Crippen MR) is 40.1 cm³/mol. The first-order chi connectivity index (χ1) is 4.97. The Hall–Kier alpha value is -1.24. The van der Waals surface area contributed by atoms with Gasteiger partial charge in [-0.25, -0.2) is 0 Å². The number of hydrogen-bond acceptors (Lipinski definition) is 1. The maximum Gasteiger partial charge on any atom is 0.0979 e. The van der Waals surface area contributed by atoms with Crippen molar-refractivity contribution in [3.05, 3.63) is 48.0 Å². The number of ether oxygens (including phenoxy) is 1. The fraction of sp³-hybridized carbons (Fsp3) is 0.111. The Balaban J connectivity index is 2.38. The molecule has 10 heavy (non-hydrogen) atoms. The highest BCUT2D eigenvalue weighted by Gasteiger charge is 2.04. The Morgan fingerprint density at radius 2 is 2.20 bits per heavy atom. The first-order valence-electron chi connectivity index (χ1n) is 3.36. The summed E-state index contributed by atoms with van der Waals surface area (Å²) in [7, 11) is 0. The van der Waals surface area contributed by atoms with E-state index in [0.29, 0.717) is 0 Å². The quantitative estimate of drug-likeness (QED) is 0.491. The Kier molecular flexibility index (Phi) is 1.21. The third kappa shape index (κ3) is 0.798. The molecule has 0 N–H and O–H groups in total. The van der Waals surface area contributed by atoms with E-state index in [1.807, 2.05) is 6.08 Å². The number of hydrogen-bond donors (Lipinski definition) is 0. The van der Waals surface area contributed by atoms with E-state index in [2.05, 4.69) is 18.2 Å². The molecule has 0 saturated carbocycles. The topological polar surface area (TPSA) is 9.23 Å². The molecule has 2 rings (SSSR count). The minimum Gasteiger partial charge on any atom is -0.472 e. The molecule has 0 spiro atoms. The standard InChI is InChI=1S/C9H8O/c1-2-4-9-7-10-6-5-8(9)3-1/h2-7H,1H2. The van der Waals surface area contributed by atoms with Crippen LogP contribution in [0.4, 0.5) is 0 Å². The maximum atomic E-state index is 5.00. The largest absolute Gasteiger partial charge is 0.472 e. The average molecular weight is 132 g/mol. The maximum absolute atomic E-state index is 5.00. The zero-order valence-electron chi connectivity index (χ0n) is 5.58. The second-order valence-electron chi connectivity index (χ2n) is 2.31. The summed E-state index contributed by atoms with van der Waals surface area (Å²) in [6, 6.07) is 0. The molecule has 0 unspecified atom stereocenters. The third-order valence-corrected chi connectivity index (χ3v) is 1.63. The van der Waals surface area contributed by atoms with Gasteiger partial charge in [0.25, 0.3) is 0 Å². The van der Waals surface area contributed by atoms with Crippen LogP contribution in [-0.2, 0) is 4.74 Å². The Labute approximate surface area is 60.0 Å². The first kappa shape index (κ1) is 5.54. The SMILES string of the molecule is C1=CC2=COC=CC2=CC1. The van der Waals surface area contributed by atoms with Gasteiger partial charge in [0.1, 0.15) is 0 Å². The lowest BCUT2D eigenvalue weighted by molar-refractivity contribution is 0.395. The van der Waals surface area contributed by atoms with Gasteiger partial charge in [-0.1, -0.05) is 18.2 Å². The molecule has 0 fully saturated rings. The summed E-state index contributed by atoms with van der Waals surface area (Å²) in [6.07, 6.45) is 12.9. The van der Waals surface area contributed by atoms with Crippen LogP contribution in [-0.4, -0.2) is 0 Å². The molecule has 0 amide bonds. The molecule has 0 bridgehead atoms. The van der Waals surface area contributed by atoms with Crippen molar-refractivity contribution in [1.29, 1.82) is 0 Å². The van der Waals surface area contributed by atoms with Gasteiger partial charge in [0.2, 0.25) is 0 Å². The molecule has 0 atom stereocenters. The van der Waals surface area contributed by atoms with Gasteiger partial charge < -0.3 is 4.74 Å². The minimum atomic E-state index is 1.04. The zero-order valence-corrected chi connectivity index (χ0v) is 5.58. The molecule has 0 aromatic rings. The average Bonchev–Trinajstić information content (AvgIpc) is 2.05. The van der Waals surface area contributed by atoms with Crippen LogP contribution in [0.25, 0.3) is 0 Å². The summed E-state index contributed by atoms with van der Waals surface area (Å²) in [6.45, 7) is 0. The molecular weight excluding hydrogens is 124 g/mol. The highest BCUT2D eigenvalue weighted by Crippen LogP contribution is 2.21. The Bertz CT molecular complexity index is 226. The van der Waals surface area contributed by atoms with Gasteiger partial charge in [-0.05, 0) is 18.1 Å². The Morgan fingerprint density at radius 1 is 1.20 bits per heavy atom. The van der Waals surface area contributed by atoms with Gasteiger partial charge in [0.15, 0.2) is 0 Å². The highest BCUT2D eigenvalue weighted by atomic mass is 16.5. The van der Waals surface area contributed by atoms with Crippen molar-refractivity contribution < 1.29 is 4.74 Å². The summed E-state index contributed by atoms with van der Waals surface area (Å²) in [5, 5.41) is 0. The van der Waals surface area contributed by atoms with Crippen LogP contribution in [0.5, 0.6) is 0 Å². The van der Waals surface area contributed by atoms with Crippen molar-refractivity contribution in [1.82, 2.24) is 0 Å². The molecule has 1 nitrogen and oxygen atoms in total. The fourth-order valence-corrected chi connectivity index (χ4v) is 1.10. The van der Waals surface area contributed by atoms with Crippen molar-refractivity contribution in [2.75, 3.05) is 0 Å². The lowest BCUT2D eigenvalue weighted by atomic mass is 10.0. The second-order valence-corrected chi connectivity index (χ2v) is 2.31. The van der Waals surface area contributed by atoms with E-state index in [9.17, 15) is 0 Å². The molecule has 50 valence electrons. The van der Waals surface area contributed by atoms with Crippen molar-refractivity contribution in [2.24, 2.45) is 0 Å². The summed E-state index contributed by atoms with van der Waals surface area (Å²) >= 11 is 0. The third-order valence-electron chi connectivity index (χ3n) is 1.63. The Morgan fingerprint density at radius 3 is 3.10 bits per heavy atom. The van der Waals surface area contributed by atoms with E-state index >= 15 is 0 Å². The van der Waals surface area contributed by atoms with Crippen LogP contribution < -0.4 is 0 Å².